The van der Waals surface area contributed by atoms with Crippen molar-refractivity contribution in [3.63, 3.8) is 0 Å². The van der Waals surface area contributed by atoms with Crippen LogP contribution in [0.15, 0.2) is 4.52 Å². The van der Waals surface area contributed by atoms with Crippen LogP contribution < -0.4 is 0 Å². The molecule has 1 aromatic heterocycles. The van der Waals surface area contributed by atoms with Crippen LogP contribution in [0.3, 0.4) is 0 Å². The molecule has 2 bridgehead atoms. The van der Waals surface area contributed by atoms with E-state index < -0.39 is 6.10 Å². The molecule has 0 radical (unpaired) electrons. The number of hydrogen-bond donors (Lipinski definition) is 1. The summed E-state index contributed by atoms with van der Waals surface area (Å²) in [6.45, 7) is 7.19. The van der Waals surface area contributed by atoms with Gasteiger partial charge in [0.1, 0.15) is 0 Å². The van der Waals surface area contributed by atoms with Gasteiger partial charge >= 0.3 is 0 Å². The summed E-state index contributed by atoms with van der Waals surface area (Å²) in [6, 6.07) is 0.268. The topological polar surface area (TPSA) is 65.6 Å². The van der Waals surface area contributed by atoms with E-state index >= 15 is 0 Å². The van der Waals surface area contributed by atoms with Crippen LogP contribution in [0.25, 0.3) is 0 Å². The zero-order chi connectivity index (χ0) is 11.8. The molecule has 4 heterocycles. The van der Waals surface area contributed by atoms with Gasteiger partial charge in [-0.2, -0.15) is 4.98 Å². The Morgan fingerprint density at radius 1 is 1.41 bits per heavy atom. The standard InChI is InChI=1S/C11H18N4O2/c1-8(16)6-10-12-11(13-17-10)9-7-14-2-4-15(9)5-3-14/h8-9,16H,2-7H2,1H3. The summed E-state index contributed by atoms with van der Waals surface area (Å²) < 4.78 is 5.17. The Morgan fingerprint density at radius 3 is 2.76 bits per heavy atom. The van der Waals surface area contributed by atoms with Gasteiger partial charge in [-0.05, 0) is 6.92 Å². The molecule has 1 aromatic rings. The monoisotopic (exact) mass is 238 g/mol. The second-order valence-electron chi connectivity index (χ2n) is 4.95. The van der Waals surface area contributed by atoms with Gasteiger partial charge in [-0.15, -0.1) is 0 Å². The van der Waals surface area contributed by atoms with E-state index in [-0.39, 0.29) is 6.04 Å². The molecule has 17 heavy (non-hydrogen) atoms. The van der Waals surface area contributed by atoms with E-state index in [0.29, 0.717) is 12.3 Å². The maximum Gasteiger partial charge on any atom is 0.229 e. The lowest BCUT2D eigenvalue weighted by Gasteiger charge is -2.46. The van der Waals surface area contributed by atoms with Gasteiger partial charge in [0.05, 0.1) is 18.6 Å². The number of fused-ring (bicyclic) bond motifs is 3. The largest absolute Gasteiger partial charge is 0.393 e. The molecular formula is C11H18N4O2. The molecule has 0 aliphatic carbocycles. The molecule has 1 N–H and O–H groups in total. The van der Waals surface area contributed by atoms with Crippen molar-refractivity contribution in [2.24, 2.45) is 0 Å². The minimum atomic E-state index is -0.435. The highest BCUT2D eigenvalue weighted by Gasteiger charge is 2.35. The number of aromatic nitrogens is 2. The van der Waals surface area contributed by atoms with Gasteiger partial charge in [-0.1, -0.05) is 5.16 Å². The van der Waals surface area contributed by atoms with Crippen LogP contribution in [-0.4, -0.2) is 63.9 Å². The number of rotatable bonds is 3. The maximum atomic E-state index is 9.28. The molecule has 6 heteroatoms. The lowest BCUT2D eigenvalue weighted by atomic mass is 10.1. The first-order chi connectivity index (χ1) is 8.22. The predicted molar refractivity (Wildman–Crippen MR) is 60.4 cm³/mol. The van der Waals surface area contributed by atoms with Crippen LogP contribution in [0.4, 0.5) is 0 Å². The molecule has 0 amide bonds. The first kappa shape index (κ1) is 11.1. The van der Waals surface area contributed by atoms with E-state index in [9.17, 15) is 5.11 Å². The lowest BCUT2D eigenvalue weighted by molar-refractivity contribution is 0.00781. The average Bonchev–Trinajstić information content (AvgIpc) is 2.78. The van der Waals surface area contributed by atoms with Crippen molar-refractivity contribution >= 4 is 0 Å². The van der Waals surface area contributed by atoms with Crippen molar-refractivity contribution in [1.29, 1.82) is 0 Å². The molecule has 3 aliphatic rings. The van der Waals surface area contributed by atoms with Crippen LogP contribution >= 0.6 is 0 Å². The third kappa shape index (κ3) is 2.20. The predicted octanol–water partition coefficient (Wildman–Crippen LogP) is -0.335. The number of aliphatic hydroxyl groups excluding tert-OH is 1. The van der Waals surface area contributed by atoms with Gasteiger partial charge in [-0.25, -0.2) is 0 Å². The molecule has 0 spiro atoms. The molecular weight excluding hydrogens is 220 g/mol. The zero-order valence-electron chi connectivity index (χ0n) is 10.0. The number of aliphatic hydroxyl groups is 1. The van der Waals surface area contributed by atoms with E-state index in [0.717, 1.165) is 38.5 Å². The lowest BCUT2D eigenvalue weighted by Crippen LogP contribution is -2.57. The zero-order valence-corrected chi connectivity index (χ0v) is 10.0. The highest BCUT2D eigenvalue weighted by molar-refractivity contribution is 5.01. The summed E-state index contributed by atoms with van der Waals surface area (Å²) in [5, 5.41) is 13.3. The van der Waals surface area contributed by atoms with Gasteiger partial charge in [0.2, 0.25) is 5.89 Å². The van der Waals surface area contributed by atoms with Crippen molar-refractivity contribution < 1.29 is 9.63 Å². The summed E-state index contributed by atoms with van der Waals surface area (Å²) in [5.74, 6) is 1.30. The minimum Gasteiger partial charge on any atom is -0.393 e. The first-order valence-corrected chi connectivity index (χ1v) is 6.19. The van der Waals surface area contributed by atoms with Crippen molar-refractivity contribution in [3.05, 3.63) is 11.7 Å². The summed E-state index contributed by atoms with van der Waals surface area (Å²) in [4.78, 5) is 9.24. The third-order valence-corrected chi connectivity index (χ3v) is 3.53. The van der Waals surface area contributed by atoms with E-state index in [1.807, 2.05) is 0 Å². The summed E-state index contributed by atoms with van der Waals surface area (Å²) in [6.07, 6.45) is -0.00107. The summed E-state index contributed by atoms with van der Waals surface area (Å²) >= 11 is 0. The molecule has 2 atom stereocenters. The van der Waals surface area contributed by atoms with Gasteiger partial charge in [-0.3, -0.25) is 9.80 Å². The number of hydrogen-bond acceptors (Lipinski definition) is 6. The van der Waals surface area contributed by atoms with Crippen LogP contribution in [0.1, 0.15) is 24.7 Å². The highest BCUT2D eigenvalue weighted by Crippen LogP contribution is 2.26. The van der Waals surface area contributed by atoms with Gasteiger partial charge in [0, 0.05) is 32.7 Å². The van der Waals surface area contributed by atoms with Crippen LogP contribution in [0, 0.1) is 0 Å². The average molecular weight is 238 g/mol. The first-order valence-electron chi connectivity index (χ1n) is 6.19. The maximum absolute atomic E-state index is 9.28. The fraction of sp³-hybridized carbons (Fsp3) is 0.818. The molecule has 0 saturated carbocycles. The number of piperazine rings is 3. The van der Waals surface area contributed by atoms with Gasteiger partial charge < -0.3 is 9.63 Å². The van der Waals surface area contributed by atoms with Crippen molar-refractivity contribution in [2.75, 3.05) is 32.7 Å². The molecule has 3 saturated heterocycles. The highest BCUT2D eigenvalue weighted by atomic mass is 16.5. The Kier molecular flexibility index (Phi) is 2.85. The van der Waals surface area contributed by atoms with Gasteiger partial charge in [0.15, 0.2) is 5.82 Å². The molecule has 3 fully saturated rings. The molecule has 6 nitrogen and oxygen atoms in total. The molecule has 4 rings (SSSR count). The molecule has 0 aromatic carbocycles. The Bertz CT molecular complexity index is 385. The van der Waals surface area contributed by atoms with E-state index in [4.69, 9.17) is 4.52 Å². The Balaban J connectivity index is 1.73. The molecule has 94 valence electrons. The second kappa shape index (κ2) is 4.36. The minimum absolute atomic E-state index is 0.268. The summed E-state index contributed by atoms with van der Waals surface area (Å²) in [7, 11) is 0. The third-order valence-electron chi connectivity index (χ3n) is 3.53. The molecule has 3 aliphatic heterocycles. The summed E-state index contributed by atoms with van der Waals surface area (Å²) in [5.41, 5.74) is 0. The SMILES string of the molecule is CC(O)Cc1nc(C2CN3CCN2CC3)no1. The van der Waals surface area contributed by atoms with Crippen LogP contribution in [0.2, 0.25) is 0 Å². The second-order valence-corrected chi connectivity index (χ2v) is 4.95. The van der Waals surface area contributed by atoms with Crippen molar-refractivity contribution in [1.82, 2.24) is 19.9 Å². The van der Waals surface area contributed by atoms with E-state index in [2.05, 4.69) is 19.9 Å². The van der Waals surface area contributed by atoms with E-state index in [1.54, 1.807) is 6.92 Å². The van der Waals surface area contributed by atoms with Crippen molar-refractivity contribution in [2.45, 2.75) is 25.5 Å². The van der Waals surface area contributed by atoms with Crippen LogP contribution in [0.5, 0.6) is 0 Å². The Labute approximate surface area is 100 Å². The number of nitrogens with zero attached hydrogens (tertiary/aromatic N) is 4. The van der Waals surface area contributed by atoms with Crippen LogP contribution in [-0.2, 0) is 6.42 Å². The fourth-order valence-corrected chi connectivity index (χ4v) is 2.60. The Morgan fingerprint density at radius 2 is 2.18 bits per heavy atom. The quantitative estimate of drug-likeness (QED) is 0.777. The smallest absolute Gasteiger partial charge is 0.229 e. The van der Waals surface area contributed by atoms with Crippen molar-refractivity contribution in [3.8, 4) is 0 Å². The fourth-order valence-electron chi connectivity index (χ4n) is 2.60. The normalized spacial score (nSPS) is 33.9. The molecule has 2 unspecified atom stereocenters. The Hall–Kier alpha value is -0.980. The van der Waals surface area contributed by atoms with Gasteiger partial charge in [0.25, 0.3) is 0 Å². The van der Waals surface area contributed by atoms with E-state index in [1.165, 1.54) is 0 Å².